The van der Waals surface area contributed by atoms with Gasteiger partial charge in [0, 0.05) is 43.6 Å². The van der Waals surface area contributed by atoms with Crippen LogP contribution in [0.3, 0.4) is 0 Å². The highest BCUT2D eigenvalue weighted by molar-refractivity contribution is 5.76. The first-order chi connectivity index (χ1) is 17.0. The quantitative estimate of drug-likeness (QED) is 0.671. The Hall–Kier alpha value is -3.15. The Morgan fingerprint density at radius 1 is 1.14 bits per heavy atom. The van der Waals surface area contributed by atoms with Gasteiger partial charge in [-0.25, -0.2) is 18.9 Å². The number of fused-ring (bicyclic) bond motifs is 1. The topological polar surface area (TPSA) is 87.3 Å². The maximum atomic E-state index is 13.6. The zero-order chi connectivity index (χ0) is 23.7. The third kappa shape index (κ3) is 3.65. The summed E-state index contributed by atoms with van der Waals surface area (Å²) in [6.07, 6.45) is 8.34. The molecule has 1 spiro atoms. The van der Waals surface area contributed by atoms with E-state index in [1.54, 1.807) is 6.07 Å². The molecule has 0 radical (unpaired) electrons. The van der Waals surface area contributed by atoms with Gasteiger partial charge in [-0.3, -0.25) is 0 Å². The molecule has 2 aromatic rings. The Bertz CT molecular complexity index is 1190. The van der Waals surface area contributed by atoms with Crippen LogP contribution in [0.15, 0.2) is 24.5 Å². The van der Waals surface area contributed by atoms with Gasteiger partial charge in [-0.15, -0.1) is 0 Å². The van der Waals surface area contributed by atoms with Crippen LogP contribution in [0, 0.1) is 34.4 Å². The highest BCUT2D eigenvalue weighted by Crippen LogP contribution is 2.54. The van der Waals surface area contributed by atoms with Crippen molar-refractivity contribution in [3.63, 3.8) is 0 Å². The molecule has 2 saturated heterocycles. The summed E-state index contributed by atoms with van der Waals surface area (Å²) < 4.78 is 21.7. The third-order valence-electron chi connectivity index (χ3n) is 8.84. The van der Waals surface area contributed by atoms with Crippen LogP contribution in [0.4, 0.5) is 9.18 Å². The number of nitrogens with zero attached hydrogens (tertiary/aromatic N) is 6. The average molecular weight is 477 g/mol. The average Bonchev–Trinajstić information content (AvgIpc) is 3.21. The first-order valence-electron chi connectivity index (χ1n) is 12.8. The van der Waals surface area contributed by atoms with Crippen molar-refractivity contribution in [2.75, 3.05) is 26.2 Å². The van der Waals surface area contributed by atoms with Gasteiger partial charge >= 0.3 is 6.03 Å². The minimum Gasteiger partial charge on any atom is -0.490 e. The van der Waals surface area contributed by atoms with E-state index in [1.165, 1.54) is 25.0 Å². The summed E-state index contributed by atoms with van der Waals surface area (Å²) >= 11 is 0. The number of aromatic nitrogens is 3. The Morgan fingerprint density at radius 2 is 1.89 bits per heavy atom. The highest BCUT2D eigenvalue weighted by Gasteiger charge is 2.56. The van der Waals surface area contributed by atoms with E-state index < -0.39 is 5.82 Å². The molecule has 1 aromatic heterocycles. The van der Waals surface area contributed by atoms with Gasteiger partial charge in [0.15, 0.2) is 5.82 Å². The van der Waals surface area contributed by atoms with Crippen molar-refractivity contribution in [2.45, 2.75) is 56.6 Å². The number of benzene rings is 1. The van der Waals surface area contributed by atoms with E-state index in [2.05, 4.69) is 14.8 Å². The van der Waals surface area contributed by atoms with E-state index in [-0.39, 0.29) is 23.1 Å². The lowest BCUT2D eigenvalue weighted by Gasteiger charge is -2.59. The number of likely N-dealkylation sites (tertiary alicyclic amines) is 2. The van der Waals surface area contributed by atoms with E-state index in [0.717, 1.165) is 57.7 Å². The molecule has 2 aliphatic heterocycles. The van der Waals surface area contributed by atoms with Crippen LogP contribution in [0.2, 0.25) is 0 Å². The predicted molar refractivity (Wildman–Crippen MR) is 123 cm³/mol. The van der Waals surface area contributed by atoms with Crippen LogP contribution in [0.5, 0.6) is 5.75 Å². The maximum Gasteiger partial charge on any atom is 0.320 e. The summed E-state index contributed by atoms with van der Waals surface area (Å²) in [6.45, 7) is 3.28. The molecule has 8 nitrogen and oxygen atoms in total. The molecule has 1 aromatic carbocycles. The molecule has 3 heterocycles. The Morgan fingerprint density at radius 3 is 2.57 bits per heavy atom. The standard InChI is InChI=1S/C26H29FN6O2/c27-23-4-3-21(5-17(23)10-28)35-22-6-18-11-31(12-19(18)7-22)25(34)32-13-26(14-32)8-20(9-26)33-15-29-24(30-33)16-1-2-16/h3-5,15-16,18-20,22H,1-2,6-9,11-14H2. The first-order valence-corrected chi connectivity index (χ1v) is 12.8. The molecule has 5 fully saturated rings. The Labute approximate surface area is 203 Å². The monoisotopic (exact) mass is 476 g/mol. The third-order valence-corrected chi connectivity index (χ3v) is 8.84. The van der Waals surface area contributed by atoms with Gasteiger partial charge in [-0.05, 0) is 62.5 Å². The number of carbonyl (C=O) groups is 1. The zero-order valence-electron chi connectivity index (χ0n) is 19.6. The lowest BCUT2D eigenvalue weighted by Crippen LogP contribution is -2.65. The number of hydrogen-bond donors (Lipinski definition) is 0. The van der Waals surface area contributed by atoms with Crippen LogP contribution < -0.4 is 4.74 Å². The summed E-state index contributed by atoms with van der Waals surface area (Å²) in [7, 11) is 0. The summed E-state index contributed by atoms with van der Waals surface area (Å²) in [4.78, 5) is 21.7. The smallest absolute Gasteiger partial charge is 0.320 e. The molecule has 5 aliphatic rings. The van der Waals surface area contributed by atoms with E-state index in [1.807, 2.05) is 22.2 Å². The van der Waals surface area contributed by atoms with E-state index in [4.69, 9.17) is 10.00 Å². The molecule has 3 saturated carbocycles. The molecule has 0 N–H and O–H groups in total. The highest BCUT2D eigenvalue weighted by atomic mass is 19.1. The number of rotatable bonds is 4. The predicted octanol–water partition coefficient (Wildman–Crippen LogP) is 3.71. The van der Waals surface area contributed by atoms with Crippen molar-refractivity contribution < 1.29 is 13.9 Å². The van der Waals surface area contributed by atoms with Crippen LogP contribution in [0.1, 0.15) is 61.9 Å². The minimum atomic E-state index is -0.524. The fourth-order valence-corrected chi connectivity index (χ4v) is 6.83. The van der Waals surface area contributed by atoms with Crippen LogP contribution in [-0.2, 0) is 0 Å². The van der Waals surface area contributed by atoms with E-state index >= 15 is 0 Å². The molecule has 3 aliphatic carbocycles. The second kappa shape index (κ2) is 7.67. The SMILES string of the molecule is N#Cc1cc(OC2CC3CN(C(=O)N4CC5(CC(n6cnc(C7CC7)n6)C5)C4)CC3C2)ccc1F. The number of ether oxygens (including phenoxy) is 1. The van der Waals surface area contributed by atoms with Gasteiger partial charge in [0.2, 0.25) is 0 Å². The number of halogens is 1. The van der Waals surface area contributed by atoms with Gasteiger partial charge < -0.3 is 14.5 Å². The summed E-state index contributed by atoms with van der Waals surface area (Å²) in [5.74, 6) is 2.49. The number of carbonyl (C=O) groups excluding carboxylic acids is 1. The minimum absolute atomic E-state index is 0.00636. The van der Waals surface area contributed by atoms with E-state index in [9.17, 15) is 9.18 Å². The molecule has 182 valence electrons. The lowest BCUT2D eigenvalue weighted by molar-refractivity contribution is -0.0735. The molecule has 35 heavy (non-hydrogen) atoms. The Kier molecular flexibility index (Phi) is 4.64. The largest absolute Gasteiger partial charge is 0.490 e. The van der Waals surface area contributed by atoms with Crippen molar-refractivity contribution in [3.8, 4) is 11.8 Å². The van der Waals surface area contributed by atoms with Crippen LogP contribution >= 0.6 is 0 Å². The second-order valence-corrected chi connectivity index (χ2v) is 11.4. The van der Waals surface area contributed by atoms with Gasteiger partial charge in [0.25, 0.3) is 0 Å². The van der Waals surface area contributed by atoms with Crippen molar-refractivity contribution in [1.82, 2.24) is 24.6 Å². The summed E-state index contributed by atoms with van der Waals surface area (Å²) in [5.41, 5.74) is 0.282. The van der Waals surface area contributed by atoms with Crippen LogP contribution in [0.25, 0.3) is 0 Å². The van der Waals surface area contributed by atoms with Crippen LogP contribution in [-0.4, -0.2) is 62.9 Å². The van der Waals surface area contributed by atoms with Gasteiger partial charge in [-0.2, -0.15) is 10.4 Å². The van der Waals surface area contributed by atoms with Crippen molar-refractivity contribution in [2.24, 2.45) is 17.3 Å². The first kappa shape index (κ1) is 21.2. The maximum absolute atomic E-state index is 13.6. The lowest BCUT2D eigenvalue weighted by atomic mass is 9.61. The summed E-state index contributed by atoms with van der Waals surface area (Å²) in [5, 5.41) is 13.7. The van der Waals surface area contributed by atoms with Gasteiger partial charge in [0.05, 0.1) is 17.7 Å². The molecular weight excluding hydrogens is 447 g/mol. The molecule has 2 unspecified atom stereocenters. The van der Waals surface area contributed by atoms with Crippen molar-refractivity contribution in [1.29, 1.82) is 5.26 Å². The van der Waals surface area contributed by atoms with Crippen molar-refractivity contribution in [3.05, 3.63) is 41.7 Å². The molecule has 7 rings (SSSR count). The molecule has 2 amide bonds. The second-order valence-electron chi connectivity index (χ2n) is 11.4. The molecule has 2 atom stereocenters. The number of nitriles is 1. The summed E-state index contributed by atoms with van der Waals surface area (Å²) in [6, 6.07) is 6.81. The van der Waals surface area contributed by atoms with E-state index in [0.29, 0.717) is 29.5 Å². The van der Waals surface area contributed by atoms with Gasteiger partial charge in [-0.1, -0.05) is 0 Å². The zero-order valence-corrected chi connectivity index (χ0v) is 19.6. The number of hydrogen-bond acceptors (Lipinski definition) is 5. The fraction of sp³-hybridized carbons (Fsp3) is 0.615. The van der Waals surface area contributed by atoms with Gasteiger partial charge in [0.1, 0.15) is 24.0 Å². The fourth-order valence-electron chi connectivity index (χ4n) is 6.83. The van der Waals surface area contributed by atoms with Crippen molar-refractivity contribution >= 4 is 6.03 Å². The number of amides is 2. The number of urea groups is 1. The Balaban J connectivity index is 0.882. The normalized spacial score (nSPS) is 29.0. The molecule has 0 bridgehead atoms. The molecular formula is C26H29FN6O2. The molecule has 9 heteroatoms.